The third-order valence-corrected chi connectivity index (χ3v) is 2.58. The highest BCUT2D eigenvalue weighted by Gasteiger charge is 2.11. The Bertz CT molecular complexity index is 575. The number of nitrogens with zero attached hydrogens (tertiary/aromatic N) is 1. The van der Waals surface area contributed by atoms with E-state index in [0.717, 1.165) is 17.3 Å². The van der Waals surface area contributed by atoms with Crippen LogP contribution in [0, 0.1) is 0 Å². The number of amides is 1. The van der Waals surface area contributed by atoms with Crippen LogP contribution >= 0.6 is 12.4 Å². The second-order valence-corrected chi connectivity index (χ2v) is 3.90. The number of halogens is 1. The van der Waals surface area contributed by atoms with Gasteiger partial charge in [-0.1, -0.05) is 6.07 Å². The van der Waals surface area contributed by atoms with Crippen molar-refractivity contribution in [2.45, 2.75) is 6.42 Å². The van der Waals surface area contributed by atoms with E-state index < -0.39 is 5.91 Å². The molecule has 0 radical (unpaired) electrons. The van der Waals surface area contributed by atoms with E-state index in [0.29, 0.717) is 24.5 Å². The highest BCUT2D eigenvalue weighted by atomic mass is 35.5. The number of hydrogen-bond donors (Lipinski definition) is 2. The molecule has 0 saturated carbocycles. The Balaban J connectivity index is 0.00000180. The van der Waals surface area contributed by atoms with Gasteiger partial charge in [0.2, 0.25) is 0 Å². The van der Waals surface area contributed by atoms with Crippen molar-refractivity contribution in [3.05, 3.63) is 36.0 Å². The summed E-state index contributed by atoms with van der Waals surface area (Å²) in [5, 5.41) is 0.859. The van der Waals surface area contributed by atoms with Crippen LogP contribution in [-0.2, 0) is 0 Å². The summed E-state index contributed by atoms with van der Waals surface area (Å²) in [6, 6.07) is 7.11. The average molecular weight is 282 g/mol. The van der Waals surface area contributed by atoms with E-state index in [4.69, 9.17) is 16.2 Å². The molecule has 5 nitrogen and oxygen atoms in total. The summed E-state index contributed by atoms with van der Waals surface area (Å²) in [5.74, 6) is -0.0503. The molecule has 19 heavy (non-hydrogen) atoms. The molecular weight excluding hydrogens is 266 g/mol. The van der Waals surface area contributed by atoms with E-state index in [1.54, 1.807) is 18.3 Å². The standard InChI is InChI=1S/C13H15N3O2.ClH/c14-4-2-6-18-12-8-11-9(3-1-5-16-11)7-10(12)13(15)17;/h1,3,5,7-8H,2,4,6,14H2,(H2,15,17);1H. The largest absolute Gasteiger partial charge is 0.493 e. The molecule has 0 aliphatic heterocycles. The molecule has 0 atom stereocenters. The molecule has 102 valence electrons. The smallest absolute Gasteiger partial charge is 0.252 e. The van der Waals surface area contributed by atoms with Gasteiger partial charge < -0.3 is 16.2 Å². The maximum atomic E-state index is 11.4. The Hall–Kier alpha value is -1.85. The Morgan fingerprint density at radius 3 is 2.84 bits per heavy atom. The third kappa shape index (κ3) is 3.56. The van der Waals surface area contributed by atoms with Crippen molar-refractivity contribution in [2.24, 2.45) is 11.5 Å². The molecule has 0 unspecified atom stereocenters. The van der Waals surface area contributed by atoms with Crippen LogP contribution in [0.3, 0.4) is 0 Å². The van der Waals surface area contributed by atoms with E-state index in [2.05, 4.69) is 4.98 Å². The van der Waals surface area contributed by atoms with Crippen LogP contribution in [-0.4, -0.2) is 24.0 Å². The minimum absolute atomic E-state index is 0. The number of primary amides is 1. The van der Waals surface area contributed by atoms with Crippen LogP contribution in [0.5, 0.6) is 5.75 Å². The van der Waals surface area contributed by atoms with Crippen LogP contribution in [0.1, 0.15) is 16.8 Å². The van der Waals surface area contributed by atoms with Gasteiger partial charge in [-0.3, -0.25) is 9.78 Å². The average Bonchev–Trinajstić information content (AvgIpc) is 2.38. The van der Waals surface area contributed by atoms with Gasteiger partial charge in [0.05, 0.1) is 17.7 Å². The van der Waals surface area contributed by atoms with Gasteiger partial charge in [-0.25, -0.2) is 0 Å². The van der Waals surface area contributed by atoms with Crippen molar-refractivity contribution in [1.29, 1.82) is 0 Å². The highest BCUT2D eigenvalue weighted by Crippen LogP contribution is 2.24. The number of fused-ring (bicyclic) bond motifs is 1. The van der Waals surface area contributed by atoms with Gasteiger partial charge in [-0.15, -0.1) is 12.4 Å². The number of aromatic nitrogens is 1. The lowest BCUT2D eigenvalue weighted by Gasteiger charge is -2.10. The van der Waals surface area contributed by atoms with Crippen LogP contribution < -0.4 is 16.2 Å². The molecule has 0 fully saturated rings. The maximum Gasteiger partial charge on any atom is 0.252 e. The van der Waals surface area contributed by atoms with Gasteiger partial charge in [0.15, 0.2) is 0 Å². The van der Waals surface area contributed by atoms with E-state index in [9.17, 15) is 4.79 Å². The molecule has 0 spiro atoms. The number of carbonyl (C=O) groups excluding carboxylic acids is 1. The van der Waals surface area contributed by atoms with Gasteiger partial charge in [0, 0.05) is 17.6 Å². The predicted octanol–water partition coefficient (Wildman–Crippen LogP) is 1.48. The molecule has 1 amide bonds. The van der Waals surface area contributed by atoms with E-state index in [1.807, 2.05) is 12.1 Å². The third-order valence-electron chi connectivity index (χ3n) is 2.58. The van der Waals surface area contributed by atoms with Crippen molar-refractivity contribution in [3.63, 3.8) is 0 Å². The highest BCUT2D eigenvalue weighted by molar-refractivity contribution is 6.00. The number of benzene rings is 1. The summed E-state index contributed by atoms with van der Waals surface area (Å²) < 4.78 is 5.53. The second kappa shape index (κ2) is 6.92. The zero-order valence-corrected chi connectivity index (χ0v) is 11.2. The van der Waals surface area contributed by atoms with E-state index in [1.165, 1.54) is 0 Å². The summed E-state index contributed by atoms with van der Waals surface area (Å²) in [5.41, 5.74) is 11.9. The van der Waals surface area contributed by atoms with Crippen molar-refractivity contribution >= 4 is 29.2 Å². The number of carbonyl (C=O) groups is 1. The van der Waals surface area contributed by atoms with Gasteiger partial charge in [-0.05, 0) is 25.1 Å². The zero-order chi connectivity index (χ0) is 13.0. The number of rotatable bonds is 5. The number of nitrogens with two attached hydrogens (primary N) is 2. The quantitative estimate of drug-likeness (QED) is 0.812. The minimum atomic E-state index is -0.511. The van der Waals surface area contributed by atoms with Crippen LogP contribution in [0.2, 0.25) is 0 Å². The Morgan fingerprint density at radius 2 is 2.16 bits per heavy atom. The fourth-order valence-corrected chi connectivity index (χ4v) is 1.68. The first-order valence-electron chi connectivity index (χ1n) is 5.74. The number of ether oxygens (including phenoxy) is 1. The van der Waals surface area contributed by atoms with Crippen LogP contribution in [0.25, 0.3) is 10.9 Å². The fraction of sp³-hybridized carbons (Fsp3) is 0.231. The molecule has 6 heteroatoms. The lowest BCUT2D eigenvalue weighted by Crippen LogP contribution is -2.14. The summed E-state index contributed by atoms with van der Waals surface area (Å²) in [6.45, 7) is 0.993. The second-order valence-electron chi connectivity index (χ2n) is 3.90. The number of hydrogen-bond acceptors (Lipinski definition) is 4. The summed E-state index contributed by atoms with van der Waals surface area (Å²) in [4.78, 5) is 15.6. The van der Waals surface area contributed by atoms with Crippen LogP contribution in [0.4, 0.5) is 0 Å². The summed E-state index contributed by atoms with van der Waals surface area (Å²) in [6.07, 6.45) is 2.41. The lowest BCUT2D eigenvalue weighted by molar-refractivity contribution is 0.0996. The van der Waals surface area contributed by atoms with Crippen LogP contribution in [0.15, 0.2) is 30.5 Å². The summed E-state index contributed by atoms with van der Waals surface area (Å²) >= 11 is 0. The van der Waals surface area contributed by atoms with Gasteiger partial charge in [-0.2, -0.15) is 0 Å². The molecule has 0 aliphatic rings. The normalized spacial score (nSPS) is 9.95. The topological polar surface area (TPSA) is 91.2 Å². The SMILES string of the molecule is Cl.NCCCOc1cc2ncccc2cc1C(N)=O. The molecule has 1 aromatic carbocycles. The fourth-order valence-electron chi connectivity index (χ4n) is 1.68. The van der Waals surface area contributed by atoms with E-state index >= 15 is 0 Å². The lowest BCUT2D eigenvalue weighted by atomic mass is 10.1. The molecule has 4 N–H and O–H groups in total. The van der Waals surface area contributed by atoms with Crippen molar-refractivity contribution < 1.29 is 9.53 Å². The van der Waals surface area contributed by atoms with Crippen molar-refractivity contribution in [1.82, 2.24) is 4.98 Å². The molecule has 0 aliphatic carbocycles. The Kier molecular flexibility index (Phi) is 5.54. The molecule has 2 rings (SSSR count). The number of pyridine rings is 1. The Morgan fingerprint density at radius 1 is 1.37 bits per heavy atom. The minimum Gasteiger partial charge on any atom is -0.493 e. The van der Waals surface area contributed by atoms with Gasteiger partial charge >= 0.3 is 0 Å². The predicted molar refractivity (Wildman–Crippen MR) is 76.7 cm³/mol. The molecule has 1 aromatic heterocycles. The van der Waals surface area contributed by atoms with Gasteiger partial charge in [0.25, 0.3) is 5.91 Å². The Labute approximate surface area is 117 Å². The van der Waals surface area contributed by atoms with E-state index in [-0.39, 0.29) is 12.4 Å². The van der Waals surface area contributed by atoms with Crippen molar-refractivity contribution in [2.75, 3.05) is 13.2 Å². The molecule has 2 aromatic rings. The zero-order valence-electron chi connectivity index (χ0n) is 10.3. The molecular formula is C13H16ClN3O2. The first-order valence-corrected chi connectivity index (χ1v) is 5.74. The monoisotopic (exact) mass is 281 g/mol. The maximum absolute atomic E-state index is 11.4. The first-order chi connectivity index (χ1) is 8.72. The first kappa shape index (κ1) is 15.2. The summed E-state index contributed by atoms with van der Waals surface area (Å²) in [7, 11) is 0. The molecule has 0 saturated heterocycles. The molecule has 0 bridgehead atoms. The van der Waals surface area contributed by atoms with Crippen molar-refractivity contribution in [3.8, 4) is 5.75 Å². The molecule has 1 heterocycles. The van der Waals surface area contributed by atoms with Gasteiger partial charge in [0.1, 0.15) is 5.75 Å².